The molecule has 1 atom stereocenters. The molecule has 0 N–H and O–H groups in total. The molecule has 5 heterocycles. The van der Waals surface area contributed by atoms with Gasteiger partial charge in [0.15, 0.2) is 5.82 Å². The highest BCUT2D eigenvalue weighted by Crippen LogP contribution is 2.34. The summed E-state index contributed by atoms with van der Waals surface area (Å²) in [6.45, 7) is 10.4. The first kappa shape index (κ1) is 19.0. The molecule has 0 radical (unpaired) electrons. The van der Waals surface area contributed by atoms with Crippen molar-refractivity contribution in [1.82, 2.24) is 19.8 Å². The highest BCUT2D eigenvalue weighted by Gasteiger charge is 2.27. The summed E-state index contributed by atoms with van der Waals surface area (Å²) in [5, 5.41) is 0.325. The fourth-order valence-corrected chi connectivity index (χ4v) is 5.65. The second-order valence-corrected chi connectivity index (χ2v) is 9.15. The Balaban J connectivity index is 1.29. The lowest BCUT2D eigenvalue weighted by molar-refractivity contribution is 0.0819. The second kappa shape index (κ2) is 8.38. The maximum Gasteiger partial charge on any atom is 0.224 e. The van der Waals surface area contributed by atoms with Crippen molar-refractivity contribution in [2.75, 3.05) is 70.6 Å². The summed E-state index contributed by atoms with van der Waals surface area (Å²) < 4.78 is 12.2. The first-order valence-electron chi connectivity index (χ1n) is 10.1. The zero-order chi connectivity index (χ0) is 18.9. The van der Waals surface area contributed by atoms with Gasteiger partial charge in [-0.05, 0) is 24.1 Å². The van der Waals surface area contributed by atoms with E-state index in [1.807, 2.05) is 0 Å². The number of nitrogens with zero attached hydrogens (tertiary/aromatic N) is 5. The van der Waals surface area contributed by atoms with Gasteiger partial charge in [-0.2, -0.15) is 4.98 Å². The Hall–Kier alpha value is -1.03. The van der Waals surface area contributed by atoms with Crippen LogP contribution in [0.2, 0.25) is 5.28 Å². The van der Waals surface area contributed by atoms with Crippen LogP contribution in [0.3, 0.4) is 0 Å². The summed E-state index contributed by atoms with van der Waals surface area (Å²) in [7, 11) is 0. The fourth-order valence-electron chi connectivity index (χ4n) is 4.32. The summed E-state index contributed by atoms with van der Waals surface area (Å²) in [4.78, 5) is 17.8. The van der Waals surface area contributed by atoms with E-state index in [4.69, 9.17) is 21.1 Å². The van der Waals surface area contributed by atoms with Gasteiger partial charge in [0.05, 0.1) is 30.0 Å². The largest absolute Gasteiger partial charge is 0.380 e. The minimum Gasteiger partial charge on any atom is -0.380 e. The van der Waals surface area contributed by atoms with Crippen LogP contribution in [-0.4, -0.2) is 91.5 Å². The van der Waals surface area contributed by atoms with Crippen molar-refractivity contribution < 1.29 is 9.47 Å². The number of aromatic nitrogens is 2. The quantitative estimate of drug-likeness (QED) is 0.698. The molecule has 2 aromatic rings. The number of halogens is 1. The third-order valence-electron chi connectivity index (χ3n) is 5.90. The Morgan fingerprint density at radius 3 is 2.61 bits per heavy atom. The van der Waals surface area contributed by atoms with Crippen LogP contribution in [0.4, 0.5) is 5.82 Å². The molecule has 7 nitrogen and oxygen atoms in total. The molecule has 2 aromatic heterocycles. The number of thiophene rings is 1. The Bertz CT molecular complexity index is 814. The van der Waals surface area contributed by atoms with Crippen LogP contribution in [0.25, 0.3) is 10.2 Å². The molecule has 3 fully saturated rings. The zero-order valence-electron chi connectivity index (χ0n) is 16.0. The summed E-state index contributed by atoms with van der Waals surface area (Å²) >= 11 is 8.03. The Kier molecular flexibility index (Phi) is 5.67. The number of anilines is 1. The van der Waals surface area contributed by atoms with Crippen molar-refractivity contribution in [3.63, 3.8) is 0 Å². The molecule has 0 spiro atoms. The number of rotatable bonds is 4. The first-order chi connectivity index (χ1) is 13.8. The van der Waals surface area contributed by atoms with Gasteiger partial charge in [0.25, 0.3) is 0 Å². The van der Waals surface area contributed by atoms with E-state index in [9.17, 15) is 0 Å². The lowest BCUT2D eigenvalue weighted by atomic mass is 10.2. The van der Waals surface area contributed by atoms with E-state index >= 15 is 0 Å². The molecule has 9 heteroatoms. The molecule has 0 aromatic carbocycles. The van der Waals surface area contributed by atoms with Gasteiger partial charge in [-0.3, -0.25) is 9.80 Å². The number of morpholine rings is 1. The van der Waals surface area contributed by atoms with E-state index in [1.165, 1.54) is 11.3 Å². The van der Waals surface area contributed by atoms with Crippen LogP contribution in [-0.2, 0) is 16.0 Å². The van der Waals surface area contributed by atoms with Gasteiger partial charge in [0, 0.05) is 63.3 Å². The van der Waals surface area contributed by atoms with E-state index in [0.29, 0.717) is 11.3 Å². The Morgan fingerprint density at radius 2 is 1.86 bits per heavy atom. The Morgan fingerprint density at radius 1 is 1.04 bits per heavy atom. The van der Waals surface area contributed by atoms with Crippen LogP contribution < -0.4 is 4.90 Å². The topological polar surface area (TPSA) is 54.0 Å². The molecule has 5 rings (SSSR count). The van der Waals surface area contributed by atoms with Crippen molar-refractivity contribution in [3.05, 3.63) is 16.2 Å². The van der Waals surface area contributed by atoms with E-state index in [0.717, 1.165) is 88.3 Å². The minimum absolute atomic E-state index is 0.325. The molecule has 0 aliphatic carbocycles. The molecular weight excluding hydrogens is 398 g/mol. The maximum absolute atomic E-state index is 6.22. The van der Waals surface area contributed by atoms with E-state index in [1.54, 1.807) is 11.3 Å². The van der Waals surface area contributed by atoms with Crippen LogP contribution >= 0.6 is 22.9 Å². The average Bonchev–Trinajstić information content (AvgIpc) is 3.38. The highest BCUT2D eigenvalue weighted by atomic mass is 35.5. The van der Waals surface area contributed by atoms with Crippen molar-refractivity contribution >= 4 is 39.0 Å². The lowest BCUT2D eigenvalue weighted by Gasteiger charge is -2.37. The summed E-state index contributed by atoms with van der Waals surface area (Å²) in [5.74, 6) is 0.959. The van der Waals surface area contributed by atoms with Gasteiger partial charge in [0.1, 0.15) is 0 Å². The molecule has 28 heavy (non-hydrogen) atoms. The molecule has 3 aliphatic rings. The first-order valence-corrected chi connectivity index (χ1v) is 11.3. The van der Waals surface area contributed by atoms with Crippen molar-refractivity contribution in [3.8, 4) is 0 Å². The van der Waals surface area contributed by atoms with E-state index < -0.39 is 0 Å². The van der Waals surface area contributed by atoms with Gasteiger partial charge >= 0.3 is 0 Å². The predicted molar refractivity (Wildman–Crippen MR) is 112 cm³/mol. The molecule has 0 saturated carbocycles. The standard InChI is InChI=1S/C19H26ClN5O2S/c20-19-21-16-11-15(28-17(16)18(22-19)25-6-9-26-10-7-25)12-23-2-4-24(5-3-23)14-1-8-27-13-14/h11,14H,1-10,12-13H2/t14-/m0/s1. The number of hydrogen-bond acceptors (Lipinski definition) is 8. The molecule has 3 aliphatic heterocycles. The normalized spacial score (nSPS) is 25.0. The average molecular weight is 424 g/mol. The van der Waals surface area contributed by atoms with Gasteiger partial charge in [-0.1, -0.05) is 0 Å². The third-order valence-corrected chi connectivity index (χ3v) is 7.17. The summed E-state index contributed by atoms with van der Waals surface area (Å²) in [6.07, 6.45) is 1.18. The second-order valence-electron chi connectivity index (χ2n) is 7.67. The number of ether oxygens (including phenoxy) is 2. The van der Waals surface area contributed by atoms with Crippen molar-refractivity contribution in [2.45, 2.75) is 19.0 Å². The zero-order valence-corrected chi connectivity index (χ0v) is 17.6. The van der Waals surface area contributed by atoms with E-state index in [-0.39, 0.29) is 0 Å². The number of hydrogen-bond donors (Lipinski definition) is 0. The third kappa shape index (κ3) is 3.99. The smallest absolute Gasteiger partial charge is 0.224 e. The van der Waals surface area contributed by atoms with Crippen LogP contribution in [0.15, 0.2) is 6.07 Å². The highest BCUT2D eigenvalue weighted by molar-refractivity contribution is 7.19. The van der Waals surface area contributed by atoms with Gasteiger partial charge < -0.3 is 14.4 Å². The molecule has 0 bridgehead atoms. The van der Waals surface area contributed by atoms with Crippen LogP contribution in [0, 0.1) is 0 Å². The Labute approximate surface area is 174 Å². The number of piperazine rings is 1. The lowest BCUT2D eigenvalue weighted by Crippen LogP contribution is -2.50. The van der Waals surface area contributed by atoms with Crippen molar-refractivity contribution in [2.24, 2.45) is 0 Å². The monoisotopic (exact) mass is 423 g/mol. The maximum atomic E-state index is 6.22. The van der Waals surface area contributed by atoms with Gasteiger partial charge in [0.2, 0.25) is 5.28 Å². The molecule has 3 saturated heterocycles. The van der Waals surface area contributed by atoms with Gasteiger partial charge in [-0.25, -0.2) is 4.98 Å². The summed E-state index contributed by atoms with van der Waals surface area (Å²) in [6, 6.07) is 2.81. The predicted octanol–water partition coefficient (Wildman–Crippen LogP) is 2.09. The van der Waals surface area contributed by atoms with Gasteiger partial charge in [-0.15, -0.1) is 11.3 Å². The molecule has 0 unspecified atom stereocenters. The number of fused-ring (bicyclic) bond motifs is 1. The van der Waals surface area contributed by atoms with Crippen molar-refractivity contribution in [1.29, 1.82) is 0 Å². The van der Waals surface area contributed by atoms with Crippen LogP contribution in [0.5, 0.6) is 0 Å². The summed E-state index contributed by atoms with van der Waals surface area (Å²) in [5.41, 5.74) is 0.961. The molecular formula is C19H26ClN5O2S. The molecule has 152 valence electrons. The van der Waals surface area contributed by atoms with E-state index in [2.05, 4.69) is 30.7 Å². The van der Waals surface area contributed by atoms with Crippen LogP contribution in [0.1, 0.15) is 11.3 Å². The fraction of sp³-hybridized carbons (Fsp3) is 0.684. The minimum atomic E-state index is 0.325. The molecule has 0 amide bonds. The SMILES string of the molecule is Clc1nc(N2CCOCC2)c2sc(CN3CCN([C@H]4CCOC4)CC3)cc2n1.